The third-order valence-electron chi connectivity index (χ3n) is 4.19. The number of nitrogens with one attached hydrogen (secondary N) is 1. The van der Waals surface area contributed by atoms with Gasteiger partial charge in [0.2, 0.25) is 5.91 Å². The lowest BCUT2D eigenvalue weighted by Crippen LogP contribution is -2.41. The minimum atomic E-state index is -0.143. The molecular weight excluding hydrogens is 361 g/mol. The molecule has 1 N–H and O–H groups in total. The number of nitrogens with zero attached hydrogens (tertiary/aromatic N) is 2. The van der Waals surface area contributed by atoms with E-state index < -0.39 is 0 Å². The molecule has 7 heteroatoms. The van der Waals surface area contributed by atoms with Gasteiger partial charge in [0.1, 0.15) is 0 Å². The van der Waals surface area contributed by atoms with E-state index in [2.05, 4.69) is 10.3 Å². The predicted octanol–water partition coefficient (Wildman–Crippen LogP) is 3.88. The maximum Gasteiger partial charge on any atom is 0.255 e. The van der Waals surface area contributed by atoms with E-state index in [0.29, 0.717) is 47.2 Å². The van der Waals surface area contributed by atoms with Crippen molar-refractivity contribution in [1.82, 2.24) is 9.88 Å². The number of aromatic nitrogens is 1. The quantitative estimate of drug-likeness (QED) is 0.882. The number of hydrogen-bond donors (Lipinski definition) is 1. The lowest BCUT2D eigenvalue weighted by molar-refractivity contribution is -0.121. The molecule has 0 saturated carbocycles. The van der Waals surface area contributed by atoms with Crippen LogP contribution in [0.4, 0.5) is 5.69 Å². The van der Waals surface area contributed by atoms with Crippen molar-refractivity contribution in [2.24, 2.45) is 5.92 Å². The highest BCUT2D eigenvalue weighted by molar-refractivity contribution is 6.35. The Bertz CT molecular complexity index is 755. The van der Waals surface area contributed by atoms with Crippen LogP contribution in [0.15, 0.2) is 42.7 Å². The second kappa shape index (κ2) is 7.85. The first-order chi connectivity index (χ1) is 12.0. The summed E-state index contributed by atoms with van der Waals surface area (Å²) >= 11 is 11.9. The molecule has 0 spiro atoms. The third-order valence-corrected chi connectivity index (χ3v) is 4.63. The van der Waals surface area contributed by atoms with E-state index in [1.165, 1.54) is 0 Å². The van der Waals surface area contributed by atoms with Crippen LogP contribution in [0.2, 0.25) is 10.0 Å². The Morgan fingerprint density at radius 1 is 1.12 bits per heavy atom. The largest absolute Gasteiger partial charge is 0.339 e. The molecule has 0 bridgehead atoms. The Kier molecular flexibility index (Phi) is 5.56. The lowest BCUT2D eigenvalue weighted by Gasteiger charge is -2.31. The van der Waals surface area contributed by atoms with Crippen molar-refractivity contribution in [3.63, 3.8) is 0 Å². The Hall–Kier alpha value is -2.11. The first-order valence-electron chi connectivity index (χ1n) is 7.99. The van der Waals surface area contributed by atoms with E-state index in [0.717, 1.165) is 0 Å². The maximum atomic E-state index is 12.4. The number of hydrogen-bond acceptors (Lipinski definition) is 3. The van der Waals surface area contributed by atoms with Crippen LogP contribution in [0.25, 0.3) is 0 Å². The number of pyridine rings is 1. The SMILES string of the molecule is O=C(Nc1cc(Cl)cc(Cl)c1)C1CCN(C(=O)c2cccnc2)CC1. The van der Waals surface area contributed by atoms with E-state index in [-0.39, 0.29) is 17.7 Å². The molecule has 25 heavy (non-hydrogen) atoms. The molecule has 1 aliphatic rings. The molecule has 1 saturated heterocycles. The second-order valence-electron chi connectivity index (χ2n) is 5.96. The molecule has 1 aromatic heterocycles. The van der Waals surface area contributed by atoms with Gasteiger partial charge in [0.25, 0.3) is 5.91 Å². The van der Waals surface area contributed by atoms with Crippen LogP contribution < -0.4 is 5.32 Å². The minimum absolute atomic E-state index is 0.0476. The van der Waals surface area contributed by atoms with Gasteiger partial charge in [0.05, 0.1) is 5.56 Å². The number of benzene rings is 1. The van der Waals surface area contributed by atoms with Crippen LogP contribution in [0, 0.1) is 5.92 Å². The zero-order valence-corrected chi connectivity index (χ0v) is 14.9. The summed E-state index contributed by atoms with van der Waals surface area (Å²) in [6.07, 6.45) is 4.43. The van der Waals surface area contributed by atoms with Gasteiger partial charge in [0, 0.05) is 47.1 Å². The van der Waals surface area contributed by atoms with Gasteiger partial charge in [-0.25, -0.2) is 0 Å². The summed E-state index contributed by atoms with van der Waals surface area (Å²) < 4.78 is 0. The van der Waals surface area contributed by atoms with Gasteiger partial charge < -0.3 is 10.2 Å². The fraction of sp³-hybridized carbons (Fsp3) is 0.278. The normalized spacial score (nSPS) is 15.0. The van der Waals surface area contributed by atoms with Crippen molar-refractivity contribution >= 4 is 40.7 Å². The van der Waals surface area contributed by atoms with Crippen LogP contribution in [0.1, 0.15) is 23.2 Å². The number of carbonyl (C=O) groups excluding carboxylic acids is 2. The highest BCUT2D eigenvalue weighted by Gasteiger charge is 2.28. The van der Waals surface area contributed by atoms with Gasteiger partial charge in [-0.3, -0.25) is 14.6 Å². The first kappa shape index (κ1) is 17.7. The van der Waals surface area contributed by atoms with Crippen molar-refractivity contribution in [2.75, 3.05) is 18.4 Å². The van der Waals surface area contributed by atoms with Crippen LogP contribution >= 0.6 is 23.2 Å². The summed E-state index contributed by atoms with van der Waals surface area (Å²) in [7, 11) is 0. The van der Waals surface area contributed by atoms with Crippen molar-refractivity contribution in [3.8, 4) is 0 Å². The van der Waals surface area contributed by atoms with Gasteiger partial charge in [0.15, 0.2) is 0 Å². The molecule has 3 rings (SSSR count). The molecule has 1 aliphatic heterocycles. The molecular formula is C18H17Cl2N3O2. The second-order valence-corrected chi connectivity index (χ2v) is 6.83. The number of amides is 2. The van der Waals surface area contributed by atoms with Crippen molar-refractivity contribution in [2.45, 2.75) is 12.8 Å². The molecule has 0 radical (unpaired) electrons. The molecule has 2 aromatic rings. The van der Waals surface area contributed by atoms with E-state index in [1.807, 2.05) is 0 Å². The molecule has 1 fully saturated rings. The number of likely N-dealkylation sites (tertiary alicyclic amines) is 1. The van der Waals surface area contributed by atoms with Crippen LogP contribution in [-0.4, -0.2) is 34.8 Å². The molecule has 5 nitrogen and oxygen atoms in total. The fourth-order valence-corrected chi connectivity index (χ4v) is 3.41. The van der Waals surface area contributed by atoms with Gasteiger partial charge in [-0.15, -0.1) is 0 Å². The smallest absolute Gasteiger partial charge is 0.255 e. The monoisotopic (exact) mass is 377 g/mol. The van der Waals surface area contributed by atoms with Crippen LogP contribution in [-0.2, 0) is 4.79 Å². The Balaban J connectivity index is 1.56. The molecule has 2 heterocycles. The summed E-state index contributed by atoms with van der Waals surface area (Å²) in [4.78, 5) is 30.6. The average Bonchev–Trinajstić information content (AvgIpc) is 2.61. The van der Waals surface area contributed by atoms with Crippen molar-refractivity contribution in [1.29, 1.82) is 0 Å². The standard InChI is InChI=1S/C18H17Cl2N3O2/c19-14-8-15(20)10-16(9-14)22-17(24)12-3-6-23(7-4-12)18(25)13-2-1-5-21-11-13/h1-2,5,8-12H,3-4,6-7H2,(H,22,24). The van der Waals surface area contributed by atoms with Crippen molar-refractivity contribution < 1.29 is 9.59 Å². The van der Waals surface area contributed by atoms with Gasteiger partial charge in [-0.05, 0) is 43.2 Å². The predicted molar refractivity (Wildman–Crippen MR) is 98.0 cm³/mol. The van der Waals surface area contributed by atoms with Gasteiger partial charge >= 0.3 is 0 Å². The summed E-state index contributed by atoms with van der Waals surface area (Å²) in [6.45, 7) is 1.09. The fourth-order valence-electron chi connectivity index (χ4n) is 2.89. The minimum Gasteiger partial charge on any atom is -0.339 e. The molecule has 0 unspecified atom stereocenters. The van der Waals surface area contributed by atoms with Gasteiger partial charge in [-0.1, -0.05) is 23.2 Å². The molecule has 1 aromatic carbocycles. The van der Waals surface area contributed by atoms with E-state index >= 15 is 0 Å². The molecule has 2 amide bonds. The third kappa shape index (κ3) is 4.50. The van der Waals surface area contributed by atoms with E-state index in [4.69, 9.17) is 23.2 Å². The zero-order chi connectivity index (χ0) is 17.8. The first-order valence-corrected chi connectivity index (χ1v) is 8.75. The molecule has 0 aliphatic carbocycles. The lowest BCUT2D eigenvalue weighted by atomic mass is 9.95. The van der Waals surface area contributed by atoms with Gasteiger partial charge in [-0.2, -0.15) is 0 Å². The summed E-state index contributed by atoms with van der Waals surface area (Å²) in [5.74, 6) is -0.268. The van der Waals surface area contributed by atoms with Crippen LogP contribution in [0.3, 0.4) is 0 Å². The summed E-state index contributed by atoms with van der Waals surface area (Å²) in [5.41, 5.74) is 1.15. The Labute approximate surface area is 155 Å². The summed E-state index contributed by atoms with van der Waals surface area (Å²) in [5, 5.41) is 3.79. The molecule has 0 atom stereocenters. The number of anilines is 1. The Morgan fingerprint density at radius 3 is 2.40 bits per heavy atom. The maximum absolute atomic E-state index is 12.4. The molecule has 130 valence electrons. The number of carbonyl (C=O) groups is 2. The topological polar surface area (TPSA) is 62.3 Å². The highest BCUT2D eigenvalue weighted by Crippen LogP contribution is 2.25. The number of piperidine rings is 1. The highest BCUT2D eigenvalue weighted by atomic mass is 35.5. The Morgan fingerprint density at radius 2 is 1.80 bits per heavy atom. The van der Waals surface area contributed by atoms with Crippen molar-refractivity contribution in [3.05, 3.63) is 58.3 Å². The average molecular weight is 378 g/mol. The van der Waals surface area contributed by atoms with E-state index in [1.54, 1.807) is 47.6 Å². The number of rotatable bonds is 3. The van der Waals surface area contributed by atoms with Crippen LogP contribution in [0.5, 0.6) is 0 Å². The zero-order valence-electron chi connectivity index (χ0n) is 13.4. The number of halogens is 2. The summed E-state index contributed by atoms with van der Waals surface area (Å²) in [6, 6.07) is 8.42. The van der Waals surface area contributed by atoms with E-state index in [9.17, 15) is 9.59 Å².